The molecule has 2 nitrogen and oxygen atoms in total. The van der Waals surface area contributed by atoms with E-state index in [2.05, 4.69) is 68.4 Å². The van der Waals surface area contributed by atoms with Gasteiger partial charge in [0.1, 0.15) is 0 Å². The van der Waals surface area contributed by atoms with E-state index in [1.54, 1.807) is 0 Å². The first kappa shape index (κ1) is 15.2. The topological polar surface area (TPSA) is 15.3 Å². The van der Waals surface area contributed by atoms with Crippen LogP contribution in [0.4, 0.5) is 0 Å². The van der Waals surface area contributed by atoms with E-state index in [0.29, 0.717) is 12.1 Å². The number of likely N-dealkylation sites (N-methyl/N-ethyl adjacent to an activating group) is 1. The van der Waals surface area contributed by atoms with Gasteiger partial charge >= 0.3 is 0 Å². The van der Waals surface area contributed by atoms with Crippen LogP contribution in [0.1, 0.15) is 45.2 Å². The molecule has 1 unspecified atom stereocenters. The molecule has 0 aliphatic rings. The lowest BCUT2D eigenvalue weighted by molar-refractivity contribution is 0.267. The summed E-state index contributed by atoms with van der Waals surface area (Å²) in [6.45, 7) is 8.87. The molecule has 1 rings (SSSR count). The van der Waals surface area contributed by atoms with Gasteiger partial charge in [-0.3, -0.25) is 0 Å². The summed E-state index contributed by atoms with van der Waals surface area (Å²) in [6, 6.07) is 11.9. The zero-order valence-electron chi connectivity index (χ0n) is 12.3. The quantitative estimate of drug-likeness (QED) is 0.758. The Labute approximate surface area is 112 Å². The van der Waals surface area contributed by atoms with Crippen molar-refractivity contribution in [1.82, 2.24) is 10.2 Å². The summed E-state index contributed by atoms with van der Waals surface area (Å²) in [7, 11) is 2.18. The van der Waals surface area contributed by atoms with Gasteiger partial charge in [-0.2, -0.15) is 0 Å². The lowest BCUT2D eigenvalue weighted by Crippen LogP contribution is -2.35. The second-order valence-corrected chi connectivity index (χ2v) is 5.28. The molecule has 1 atom stereocenters. The molecule has 0 spiro atoms. The van der Waals surface area contributed by atoms with Crippen molar-refractivity contribution in [2.45, 2.75) is 45.7 Å². The molecular weight excluding hydrogens is 220 g/mol. The van der Waals surface area contributed by atoms with E-state index in [0.717, 1.165) is 13.1 Å². The van der Waals surface area contributed by atoms with Gasteiger partial charge in [0, 0.05) is 25.2 Å². The number of hydrogen-bond donors (Lipinski definition) is 1. The highest BCUT2D eigenvalue weighted by Crippen LogP contribution is 2.17. The summed E-state index contributed by atoms with van der Waals surface area (Å²) >= 11 is 0. The van der Waals surface area contributed by atoms with Gasteiger partial charge in [-0.25, -0.2) is 0 Å². The van der Waals surface area contributed by atoms with Crippen molar-refractivity contribution in [2.75, 3.05) is 20.1 Å². The molecule has 0 aliphatic heterocycles. The summed E-state index contributed by atoms with van der Waals surface area (Å²) in [5, 5.41) is 3.68. The number of nitrogens with one attached hydrogen (secondary N) is 1. The molecule has 1 aromatic carbocycles. The van der Waals surface area contributed by atoms with E-state index in [9.17, 15) is 0 Å². The maximum atomic E-state index is 3.68. The van der Waals surface area contributed by atoms with E-state index in [4.69, 9.17) is 0 Å². The number of rotatable bonds is 8. The monoisotopic (exact) mass is 248 g/mol. The number of nitrogens with zero attached hydrogens (tertiary/aromatic N) is 1. The molecule has 0 saturated heterocycles. The smallest absolute Gasteiger partial charge is 0.0320 e. The standard InChI is InChI=1S/C16H28N2/c1-5-9-16(15-10-7-6-8-11-15)17-12-13-18(4)14(2)3/h6-8,10-11,14,16-17H,5,9,12-13H2,1-4H3. The van der Waals surface area contributed by atoms with Crippen molar-refractivity contribution in [3.63, 3.8) is 0 Å². The first-order chi connectivity index (χ1) is 8.65. The lowest BCUT2D eigenvalue weighted by Gasteiger charge is -2.24. The van der Waals surface area contributed by atoms with Gasteiger partial charge in [0.2, 0.25) is 0 Å². The van der Waals surface area contributed by atoms with Crippen LogP contribution in [0.3, 0.4) is 0 Å². The molecule has 0 heterocycles. The van der Waals surface area contributed by atoms with Gasteiger partial charge in [0.05, 0.1) is 0 Å². The Morgan fingerprint density at radius 1 is 1.17 bits per heavy atom. The zero-order chi connectivity index (χ0) is 13.4. The van der Waals surface area contributed by atoms with Crippen LogP contribution < -0.4 is 5.32 Å². The normalized spacial score (nSPS) is 13.2. The summed E-state index contributed by atoms with van der Waals surface area (Å²) < 4.78 is 0. The van der Waals surface area contributed by atoms with E-state index in [1.807, 2.05) is 0 Å². The molecule has 0 saturated carbocycles. The summed E-state index contributed by atoms with van der Waals surface area (Å²) in [5.41, 5.74) is 1.41. The van der Waals surface area contributed by atoms with Gasteiger partial charge in [-0.1, -0.05) is 43.7 Å². The molecule has 1 aromatic rings. The van der Waals surface area contributed by atoms with Gasteiger partial charge in [0.25, 0.3) is 0 Å². The fraction of sp³-hybridized carbons (Fsp3) is 0.625. The summed E-state index contributed by atoms with van der Waals surface area (Å²) in [5.74, 6) is 0. The van der Waals surface area contributed by atoms with Crippen LogP contribution in [-0.4, -0.2) is 31.1 Å². The molecule has 0 bridgehead atoms. The van der Waals surface area contributed by atoms with Crippen molar-refractivity contribution in [2.24, 2.45) is 0 Å². The van der Waals surface area contributed by atoms with Gasteiger partial charge in [-0.05, 0) is 32.9 Å². The van der Waals surface area contributed by atoms with Crippen LogP contribution in [0.2, 0.25) is 0 Å². The third-order valence-corrected chi connectivity index (χ3v) is 3.52. The summed E-state index contributed by atoms with van der Waals surface area (Å²) in [6.07, 6.45) is 2.42. The SMILES string of the molecule is CCCC(NCCN(C)C(C)C)c1ccccc1. The Morgan fingerprint density at radius 3 is 2.39 bits per heavy atom. The fourth-order valence-corrected chi connectivity index (χ4v) is 2.03. The average molecular weight is 248 g/mol. The molecule has 0 amide bonds. The second-order valence-electron chi connectivity index (χ2n) is 5.28. The van der Waals surface area contributed by atoms with E-state index in [-0.39, 0.29) is 0 Å². The Morgan fingerprint density at radius 2 is 1.83 bits per heavy atom. The van der Waals surface area contributed by atoms with E-state index in [1.165, 1.54) is 18.4 Å². The van der Waals surface area contributed by atoms with Crippen molar-refractivity contribution < 1.29 is 0 Å². The van der Waals surface area contributed by atoms with Crippen LogP contribution in [0.25, 0.3) is 0 Å². The van der Waals surface area contributed by atoms with Crippen molar-refractivity contribution >= 4 is 0 Å². The molecule has 0 aromatic heterocycles. The van der Waals surface area contributed by atoms with Crippen LogP contribution >= 0.6 is 0 Å². The predicted octanol–water partition coefficient (Wildman–Crippen LogP) is 3.46. The Kier molecular flexibility index (Phi) is 6.99. The van der Waals surface area contributed by atoms with Crippen LogP contribution in [-0.2, 0) is 0 Å². The molecule has 0 aliphatic carbocycles. The Bertz CT molecular complexity index is 308. The molecule has 0 radical (unpaired) electrons. The molecule has 18 heavy (non-hydrogen) atoms. The third kappa shape index (κ3) is 5.19. The highest BCUT2D eigenvalue weighted by Gasteiger charge is 2.10. The van der Waals surface area contributed by atoms with Crippen LogP contribution in [0, 0.1) is 0 Å². The fourth-order valence-electron chi connectivity index (χ4n) is 2.03. The number of hydrogen-bond acceptors (Lipinski definition) is 2. The summed E-state index contributed by atoms with van der Waals surface area (Å²) in [4.78, 5) is 2.38. The molecule has 102 valence electrons. The average Bonchev–Trinajstić information content (AvgIpc) is 2.38. The lowest BCUT2D eigenvalue weighted by atomic mass is 10.0. The molecule has 0 fully saturated rings. The highest BCUT2D eigenvalue weighted by atomic mass is 15.1. The predicted molar refractivity (Wildman–Crippen MR) is 79.9 cm³/mol. The van der Waals surface area contributed by atoms with Gasteiger partial charge < -0.3 is 10.2 Å². The highest BCUT2D eigenvalue weighted by molar-refractivity contribution is 5.18. The van der Waals surface area contributed by atoms with Crippen molar-refractivity contribution in [1.29, 1.82) is 0 Å². The molecule has 1 N–H and O–H groups in total. The first-order valence-corrected chi connectivity index (χ1v) is 7.13. The second kappa shape index (κ2) is 8.28. The molecule has 2 heteroatoms. The minimum absolute atomic E-state index is 0.497. The Hall–Kier alpha value is -0.860. The van der Waals surface area contributed by atoms with E-state index >= 15 is 0 Å². The van der Waals surface area contributed by atoms with Gasteiger partial charge in [-0.15, -0.1) is 0 Å². The maximum absolute atomic E-state index is 3.68. The number of benzene rings is 1. The third-order valence-electron chi connectivity index (χ3n) is 3.52. The van der Waals surface area contributed by atoms with Crippen LogP contribution in [0.15, 0.2) is 30.3 Å². The first-order valence-electron chi connectivity index (χ1n) is 7.13. The molecular formula is C16H28N2. The maximum Gasteiger partial charge on any atom is 0.0320 e. The van der Waals surface area contributed by atoms with Gasteiger partial charge in [0.15, 0.2) is 0 Å². The van der Waals surface area contributed by atoms with E-state index < -0.39 is 0 Å². The zero-order valence-corrected chi connectivity index (χ0v) is 12.3. The largest absolute Gasteiger partial charge is 0.309 e. The van der Waals surface area contributed by atoms with Crippen LogP contribution in [0.5, 0.6) is 0 Å². The van der Waals surface area contributed by atoms with Crippen molar-refractivity contribution in [3.8, 4) is 0 Å². The Balaban J connectivity index is 2.44. The minimum Gasteiger partial charge on any atom is -0.309 e. The minimum atomic E-state index is 0.497. The van der Waals surface area contributed by atoms with Crippen molar-refractivity contribution in [3.05, 3.63) is 35.9 Å².